The van der Waals surface area contributed by atoms with Crippen LogP contribution in [0, 0.1) is 12.8 Å². The van der Waals surface area contributed by atoms with Gasteiger partial charge < -0.3 is 4.74 Å². The molecule has 1 aliphatic rings. The Hall–Kier alpha value is -1.40. The first-order chi connectivity index (χ1) is 9.79. The van der Waals surface area contributed by atoms with E-state index in [2.05, 4.69) is 6.92 Å². The number of hydrogen-bond acceptors (Lipinski definition) is 4. The van der Waals surface area contributed by atoms with Crippen molar-refractivity contribution in [3.8, 4) is 0 Å². The van der Waals surface area contributed by atoms with Gasteiger partial charge in [0, 0.05) is 0 Å². The Morgan fingerprint density at radius 2 is 1.95 bits per heavy atom. The monoisotopic (exact) mass is 311 g/mol. The summed E-state index contributed by atoms with van der Waals surface area (Å²) in [6.07, 6.45) is 4.03. The second-order valence-corrected chi connectivity index (χ2v) is 7.29. The number of ether oxygens (including phenoxy) is 1. The summed E-state index contributed by atoms with van der Waals surface area (Å²) < 4.78 is 28.3. The lowest BCUT2D eigenvalue weighted by atomic mass is 9.88. The maximum absolute atomic E-state index is 12.3. The molecule has 1 aromatic carbocycles. The largest absolute Gasteiger partial charge is 0.458 e. The van der Waals surface area contributed by atoms with Gasteiger partial charge in [0.15, 0.2) is 0 Å². The second-order valence-electron chi connectivity index (χ2n) is 5.73. The third-order valence-corrected chi connectivity index (χ3v) is 4.96. The molecule has 2 atom stereocenters. The molecule has 116 valence electrons. The van der Waals surface area contributed by atoms with Crippen molar-refractivity contribution in [3.63, 3.8) is 0 Å². The molecule has 1 aromatic rings. The lowest BCUT2D eigenvalue weighted by molar-refractivity contribution is 0.00471. The summed E-state index contributed by atoms with van der Waals surface area (Å²) in [6.45, 7) is 3.82. The Morgan fingerprint density at radius 1 is 1.29 bits per heavy atom. The molecule has 5 nitrogen and oxygen atoms in total. The van der Waals surface area contributed by atoms with Gasteiger partial charge in [-0.1, -0.05) is 19.4 Å². The molecule has 2 rings (SSSR count). The summed E-state index contributed by atoms with van der Waals surface area (Å²) >= 11 is 0. The minimum atomic E-state index is -3.83. The van der Waals surface area contributed by atoms with Gasteiger partial charge in [0.2, 0.25) is 10.0 Å². The number of hydrogen-bond donors (Lipinski definition) is 1. The van der Waals surface area contributed by atoms with E-state index in [1.165, 1.54) is 12.1 Å². The third-order valence-electron chi connectivity index (χ3n) is 4.05. The Bertz CT molecular complexity index is 639. The molecule has 0 spiro atoms. The molecule has 0 radical (unpaired) electrons. The second kappa shape index (κ2) is 6.15. The Balaban J connectivity index is 2.22. The summed E-state index contributed by atoms with van der Waals surface area (Å²) in [5, 5.41) is 5.10. The molecule has 2 unspecified atom stereocenters. The van der Waals surface area contributed by atoms with E-state index in [0.717, 1.165) is 25.7 Å². The molecule has 2 N–H and O–H groups in total. The Morgan fingerprint density at radius 3 is 2.57 bits per heavy atom. The lowest BCUT2D eigenvalue weighted by Gasteiger charge is -2.28. The smallest absolute Gasteiger partial charge is 0.338 e. The average molecular weight is 311 g/mol. The predicted molar refractivity (Wildman–Crippen MR) is 79.4 cm³/mol. The Kier molecular flexibility index (Phi) is 4.68. The van der Waals surface area contributed by atoms with E-state index >= 15 is 0 Å². The van der Waals surface area contributed by atoms with Crippen molar-refractivity contribution in [1.82, 2.24) is 0 Å². The zero-order valence-electron chi connectivity index (χ0n) is 12.3. The SMILES string of the molecule is Cc1ccc(S(N)(=O)=O)cc1C(=O)OC1CCCCC1C. The van der Waals surface area contributed by atoms with Crippen LogP contribution in [-0.2, 0) is 14.8 Å². The zero-order chi connectivity index (χ0) is 15.6. The topological polar surface area (TPSA) is 86.5 Å². The fraction of sp³-hybridized carbons (Fsp3) is 0.533. The molecule has 0 heterocycles. The molecule has 0 bridgehead atoms. The van der Waals surface area contributed by atoms with Gasteiger partial charge in [0.05, 0.1) is 10.5 Å². The van der Waals surface area contributed by atoms with E-state index in [1.807, 2.05) is 0 Å². The van der Waals surface area contributed by atoms with E-state index in [1.54, 1.807) is 13.0 Å². The van der Waals surface area contributed by atoms with Crippen LogP contribution < -0.4 is 5.14 Å². The van der Waals surface area contributed by atoms with Crippen molar-refractivity contribution in [2.75, 3.05) is 0 Å². The first kappa shape index (κ1) is 16.0. The highest BCUT2D eigenvalue weighted by atomic mass is 32.2. The molecule has 1 saturated carbocycles. The molecule has 1 aliphatic carbocycles. The normalized spacial score (nSPS) is 22.8. The molecule has 0 aliphatic heterocycles. The minimum absolute atomic E-state index is 0.0725. The number of primary sulfonamides is 1. The number of carbonyl (C=O) groups is 1. The van der Waals surface area contributed by atoms with Gasteiger partial charge in [-0.25, -0.2) is 18.4 Å². The van der Waals surface area contributed by atoms with Crippen LogP contribution in [-0.4, -0.2) is 20.5 Å². The van der Waals surface area contributed by atoms with E-state index < -0.39 is 16.0 Å². The van der Waals surface area contributed by atoms with Crippen LogP contribution in [0.2, 0.25) is 0 Å². The van der Waals surface area contributed by atoms with Crippen LogP contribution in [0.15, 0.2) is 23.1 Å². The first-order valence-electron chi connectivity index (χ1n) is 7.13. The summed E-state index contributed by atoms with van der Waals surface area (Å²) in [5.41, 5.74) is 0.940. The van der Waals surface area contributed by atoms with Gasteiger partial charge in [0.1, 0.15) is 6.10 Å². The van der Waals surface area contributed by atoms with Crippen LogP contribution >= 0.6 is 0 Å². The van der Waals surface area contributed by atoms with Crippen molar-refractivity contribution >= 4 is 16.0 Å². The maximum atomic E-state index is 12.3. The van der Waals surface area contributed by atoms with Crippen LogP contribution in [0.4, 0.5) is 0 Å². The number of sulfonamides is 1. The molecule has 21 heavy (non-hydrogen) atoms. The predicted octanol–water partition coefficient (Wildman–Crippen LogP) is 2.38. The van der Waals surface area contributed by atoms with Crippen LogP contribution in [0.3, 0.4) is 0 Å². The highest BCUT2D eigenvalue weighted by Gasteiger charge is 2.26. The molecule has 0 saturated heterocycles. The molecular weight excluding hydrogens is 290 g/mol. The van der Waals surface area contributed by atoms with Crippen molar-refractivity contribution in [2.45, 2.75) is 50.5 Å². The summed E-state index contributed by atoms with van der Waals surface area (Å²) in [7, 11) is -3.83. The molecule has 0 amide bonds. The van der Waals surface area contributed by atoms with Crippen molar-refractivity contribution in [1.29, 1.82) is 0 Å². The number of carbonyl (C=O) groups excluding carboxylic acids is 1. The van der Waals surface area contributed by atoms with Crippen molar-refractivity contribution in [3.05, 3.63) is 29.3 Å². The van der Waals surface area contributed by atoms with Crippen LogP contribution in [0.5, 0.6) is 0 Å². The van der Waals surface area contributed by atoms with Gasteiger partial charge in [-0.3, -0.25) is 0 Å². The van der Waals surface area contributed by atoms with Crippen LogP contribution in [0.25, 0.3) is 0 Å². The molecule has 6 heteroatoms. The number of nitrogens with two attached hydrogens (primary N) is 1. The van der Waals surface area contributed by atoms with Crippen molar-refractivity contribution < 1.29 is 17.9 Å². The summed E-state index contributed by atoms with van der Waals surface area (Å²) in [4.78, 5) is 12.2. The quantitative estimate of drug-likeness (QED) is 0.868. The van der Waals surface area contributed by atoms with Gasteiger partial charge in [-0.2, -0.15) is 0 Å². The zero-order valence-corrected chi connectivity index (χ0v) is 13.2. The lowest BCUT2D eigenvalue weighted by Crippen LogP contribution is -2.28. The van der Waals surface area contributed by atoms with Crippen molar-refractivity contribution in [2.24, 2.45) is 11.1 Å². The van der Waals surface area contributed by atoms with Gasteiger partial charge in [-0.15, -0.1) is 0 Å². The van der Waals surface area contributed by atoms with E-state index in [0.29, 0.717) is 11.5 Å². The first-order valence-corrected chi connectivity index (χ1v) is 8.68. The summed E-state index contributed by atoms with van der Waals surface area (Å²) in [6, 6.07) is 4.26. The number of esters is 1. The van der Waals surface area contributed by atoms with Gasteiger partial charge in [-0.05, 0) is 49.8 Å². The van der Waals surface area contributed by atoms with E-state index in [9.17, 15) is 13.2 Å². The number of aryl methyl sites for hydroxylation is 1. The standard InChI is InChI=1S/C15H21NO4S/c1-10-7-8-12(21(16,18)19)9-13(10)15(17)20-14-6-4-3-5-11(14)2/h7-9,11,14H,3-6H2,1-2H3,(H2,16,18,19). The van der Waals surface area contributed by atoms with Crippen LogP contribution in [0.1, 0.15) is 48.5 Å². The Labute approximate surface area is 125 Å². The highest BCUT2D eigenvalue weighted by molar-refractivity contribution is 7.89. The molecule has 1 fully saturated rings. The van der Waals surface area contributed by atoms with Gasteiger partial charge in [0.25, 0.3) is 0 Å². The maximum Gasteiger partial charge on any atom is 0.338 e. The minimum Gasteiger partial charge on any atom is -0.458 e. The summed E-state index contributed by atoms with van der Waals surface area (Å²) in [5.74, 6) is -0.138. The van der Waals surface area contributed by atoms with E-state index in [4.69, 9.17) is 9.88 Å². The van der Waals surface area contributed by atoms with E-state index in [-0.39, 0.29) is 16.6 Å². The fourth-order valence-electron chi connectivity index (χ4n) is 2.66. The molecule has 0 aromatic heterocycles. The fourth-order valence-corrected chi connectivity index (χ4v) is 3.20. The average Bonchev–Trinajstić information content (AvgIpc) is 2.40. The number of benzene rings is 1. The number of rotatable bonds is 3. The highest BCUT2D eigenvalue weighted by Crippen LogP contribution is 2.27. The van der Waals surface area contributed by atoms with Gasteiger partial charge >= 0.3 is 5.97 Å². The third kappa shape index (κ3) is 3.83. The molecular formula is C15H21NO4S.